The number of rotatable bonds is 4. The third-order valence-corrected chi connectivity index (χ3v) is 6.96. The van der Waals surface area contributed by atoms with Crippen LogP contribution in [0.4, 0.5) is 4.39 Å². The lowest BCUT2D eigenvalue weighted by molar-refractivity contribution is -0.148. The van der Waals surface area contributed by atoms with Crippen LogP contribution in [0.15, 0.2) is 23.0 Å². The van der Waals surface area contributed by atoms with Crippen LogP contribution in [0, 0.1) is 11.2 Å². The molecule has 8 nitrogen and oxygen atoms in total. The summed E-state index contributed by atoms with van der Waals surface area (Å²) in [6, 6.07) is 4.47. The number of nitrogens with one attached hydrogen (secondary N) is 1. The number of hydrogen-bond acceptors (Lipinski definition) is 5. The summed E-state index contributed by atoms with van der Waals surface area (Å²) in [7, 11) is 0. The normalized spacial score (nSPS) is 16.3. The van der Waals surface area contributed by atoms with Crippen molar-refractivity contribution >= 4 is 17.6 Å². The molecule has 2 amide bonds. The van der Waals surface area contributed by atoms with Gasteiger partial charge in [0, 0.05) is 43.6 Å². The fourth-order valence-corrected chi connectivity index (χ4v) is 4.87. The van der Waals surface area contributed by atoms with Gasteiger partial charge in [-0.3, -0.25) is 19.2 Å². The number of hydrogen-bond donors (Lipinski definition) is 1. The first-order valence-electron chi connectivity index (χ1n) is 12.6. The first-order chi connectivity index (χ1) is 17.1. The first kappa shape index (κ1) is 25.7. The van der Waals surface area contributed by atoms with Crippen molar-refractivity contribution in [2.45, 2.75) is 59.3 Å². The molecule has 1 saturated heterocycles. The van der Waals surface area contributed by atoms with Crippen molar-refractivity contribution in [2.75, 3.05) is 26.2 Å². The van der Waals surface area contributed by atoms with E-state index < -0.39 is 28.8 Å². The van der Waals surface area contributed by atoms with E-state index in [0.717, 1.165) is 48.1 Å². The number of aromatic nitrogens is 2. The van der Waals surface area contributed by atoms with Crippen molar-refractivity contribution in [2.24, 2.45) is 5.41 Å². The van der Waals surface area contributed by atoms with E-state index in [0.29, 0.717) is 25.9 Å². The zero-order valence-electron chi connectivity index (χ0n) is 21.2. The topological polar surface area (TPSA) is 103 Å². The van der Waals surface area contributed by atoms with Gasteiger partial charge in [-0.05, 0) is 55.4 Å². The van der Waals surface area contributed by atoms with Gasteiger partial charge in [-0.1, -0.05) is 26.8 Å². The van der Waals surface area contributed by atoms with Crippen LogP contribution in [0.3, 0.4) is 0 Å². The van der Waals surface area contributed by atoms with Crippen molar-refractivity contribution in [3.05, 3.63) is 62.3 Å². The summed E-state index contributed by atoms with van der Waals surface area (Å²) in [6.45, 7) is 6.29. The number of amides is 2. The molecule has 2 aliphatic rings. The van der Waals surface area contributed by atoms with Crippen LogP contribution in [0.25, 0.3) is 0 Å². The van der Waals surface area contributed by atoms with Crippen molar-refractivity contribution in [1.82, 2.24) is 20.0 Å². The molecular weight excluding hydrogens is 463 g/mol. The number of H-pyrrole nitrogens is 1. The number of carbonyl (C=O) groups is 3. The molecule has 1 fully saturated rings. The molecular formula is C27H33FN4O4. The molecule has 1 aliphatic heterocycles. The quantitative estimate of drug-likeness (QED) is 0.656. The molecule has 0 unspecified atom stereocenters. The lowest BCUT2D eigenvalue weighted by Gasteiger charge is -2.24. The summed E-state index contributed by atoms with van der Waals surface area (Å²) < 4.78 is 14.8. The van der Waals surface area contributed by atoms with Crippen LogP contribution in [0.5, 0.6) is 0 Å². The summed E-state index contributed by atoms with van der Waals surface area (Å²) in [5, 5.41) is 6.83. The Balaban J connectivity index is 1.50. The molecule has 0 radical (unpaired) electrons. The standard InChI is InChI=1S/C27H33FN4O4/c1-27(2,3)23(33)26(36)32-12-6-11-31(13-14-32)25(35)20-15-17(9-10-21(20)28)16-22-18-7-4-5-8-19(18)24(34)30-29-22/h9-10,15H,4-8,11-14,16H2,1-3H3,(H,30,34). The second-order valence-electron chi connectivity index (χ2n) is 10.7. The third kappa shape index (κ3) is 5.39. The largest absolute Gasteiger partial charge is 0.337 e. The lowest BCUT2D eigenvalue weighted by Crippen LogP contribution is -2.44. The third-order valence-electron chi connectivity index (χ3n) is 6.96. The number of halogens is 1. The van der Waals surface area contributed by atoms with E-state index in [1.165, 1.54) is 15.9 Å². The van der Waals surface area contributed by atoms with E-state index in [1.54, 1.807) is 32.9 Å². The van der Waals surface area contributed by atoms with Crippen molar-refractivity contribution < 1.29 is 18.8 Å². The highest BCUT2D eigenvalue weighted by Gasteiger charge is 2.33. The molecule has 0 atom stereocenters. The van der Waals surface area contributed by atoms with Gasteiger partial charge in [0.1, 0.15) is 5.82 Å². The smallest absolute Gasteiger partial charge is 0.290 e. The molecule has 1 N–H and O–H groups in total. The van der Waals surface area contributed by atoms with Gasteiger partial charge in [-0.15, -0.1) is 0 Å². The number of fused-ring (bicyclic) bond motifs is 1. The fourth-order valence-electron chi connectivity index (χ4n) is 4.87. The van der Waals surface area contributed by atoms with Crippen molar-refractivity contribution in [1.29, 1.82) is 0 Å². The maximum Gasteiger partial charge on any atom is 0.290 e. The van der Waals surface area contributed by atoms with Gasteiger partial charge in [0.15, 0.2) is 0 Å². The highest BCUT2D eigenvalue weighted by molar-refractivity contribution is 6.37. The molecule has 2 heterocycles. The highest BCUT2D eigenvalue weighted by Crippen LogP contribution is 2.23. The predicted molar refractivity (Wildman–Crippen MR) is 132 cm³/mol. The Morgan fingerprint density at radius 1 is 0.972 bits per heavy atom. The first-order valence-corrected chi connectivity index (χ1v) is 12.6. The van der Waals surface area contributed by atoms with Gasteiger partial charge >= 0.3 is 0 Å². The summed E-state index contributed by atoms with van der Waals surface area (Å²) in [5.41, 5.74) is 2.26. The molecule has 9 heteroatoms. The van der Waals surface area contributed by atoms with Gasteiger partial charge in [-0.2, -0.15) is 5.10 Å². The number of Topliss-reactive ketones (excluding diaryl/α,β-unsaturated/α-hetero) is 1. The molecule has 4 rings (SSSR count). The maximum atomic E-state index is 14.8. The number of aromatic amines is 1. The zero-order chi connectivity index (χ0) is 26.0. The Morgan fingerprint density at radius 2 is 1.64 bits per heavy atom. The van der Waals surface area contributed by atoms with E-state index in [1.807, 2.05) is 0 Å². The van der Waals surface area contributed by atoms with E-state index in [2.05, 4.69) is 10.2 Å². The Bertz CT molecular complexity index is 1250. The number of ketones is 1. The van der Waals surface area contributed by atoms with E-state index in [9.17, 15) is 23.6 Å². The van der Waals surface area contributed by atoms with Crippen LogP contribution >= 0.6 is 0 Å². The van der Waals surface area contributed by atoms with Crippen LogP contribution in [0.2, 0.25) is 0 Å². The molecule has 0 spiro atoms. The minimum Gasteiger partial charge on any atom is -0.337 e. The van der Waals surface area contributed by atoms with Crippen LogP contribution < -0.4 is 5.56 Å². The molecule has 36 heavy (non-hydrogen) atoms. The average Bonchev–Trinajstić information content (AvgIpc) is 3.11. The number of carbonyl (C=O) groups excluding carboxylic acids is 3. The second kappa shape index (κ2) is 10.3. The van der Waals surface area contributed by atoms with Crippen molar-refractivity contribution in [3.63, 3.8) is 0 Å². The predicted octanol–water partition coefficient (Wildman–Crippen LogP) is 2.67. The van der Waals surface area contributed by atoms with Crippen LogP contribution in [-0.2, 0) is 28.9 Å². The van der Waals surface area contributed by atoms with Gasteiger partial charge < -0.3 is 9.80 Å². The van der Waals surface area contributed by atoms with Crippen LogP contribution in [-0.4, -0.2) is 63.8 Å². The van der Waals surface area contributed by atoms with Gasteiger partial charge in [-0.25, -0.2) is 9.49 Å². The molecule has 1 aromatic heterocycles. The monoisotopic (exact) mass is 496 g/mol. The Kier molecular flexibility index (Phi) is 7.38. The van der Waals surface area contributed by atoms with Gasteiger partial charge in [0.2, 0.25) is 5.78 Å². The lowest BCUT2D eigenvalue weighted by atomic mass is 9.90. The minimum atomic E-state index is -0.775. The van der Waals surface area contributed by atoms with E-state index in [-0.39, 0.29) is 24.2 Å². The number of nitrogens with zero attached hydrogens (tertiary/aromatic N) is 3. The molecule has 1 aromatic carbocycles. The number of benzene rings is 1. The maximum absolute atomic E-state index is 14.8. The summed E-state index contributed by atoms with van der Waals surface area (Å²) in [4.78, 5) is 53.5. The van der Waals surface area contributed by atoms with Gasteiger partial charge in [0.25, 0.3) is 17.4 Å². The summed E-state index contributed by atoms with van der Waals surface area (Å²) in [5.74, 6) is -2.05. The Hall–Kier alpha value is -3.36. The van der Waals surface area contributed by atoms with Gasteiger partial charge in [0.05, 0.1) is 11.3 Å². The van der Waals surface area contributed by atoms with Crippen LogP contribution in [0.1, 0.15) is 72.8 Å². The fraction of sp³-hybridized carbons (Fsp3) is 0.519. The SMILES string of the molecule is CC(C)(C)C(=O)C(=O)N1CCCN(C(=O)c2cc(Cc3n[nH]c(=O)c4c3CCCC4)ccc2F)CC1. The zero-order valence-corrected chi connectivity index (χ0v) is 21.2. The molecule has 1 aliphatic carbocycles. The molecule has 192 valence electrons. The molecule has 0 bridgehead atoms. The molecule has 2 aromatic rings. The molecule has 0 saturated carbocycles. The Labute approximate surface area is 209 Å². The summed E-state index contributed by atoms with van der Waals surface area (Å²) >= 11 is 0. The summed E-state index contributed by atoms with van der Waals surface area (Å²) in [6.07, 6.45) is 4.37. The Morgan fingerprint density at radius 3 is 2.36 bits per heavy atom. The highest BCUT2D eigenvalue weighted by atomic mass is 19.1. The van der Waals surface area contributed by atoms with E-state index in [4.69, 9.17) is 0 Å². The van der Waals surface area contributed by atoms with E-state index >= 15 is 0 Å². The van der Waals surface area contributed by atoms with Crippen molar-refractivity contribution in [3.8, 4) is 0 Å². The average molecular weight is 497 g/mol. The second-order valence-corrected chi connectivity index (χ2v) is 10.7. The minimum absolute atomic E-state index is 0.0312.